The van der Waals surface area contributed by atoms with E-state index in [0.29, 0.717) is 28.6 Å². The van der Waals surface area contributed by atoms with Crippen molar-refractivity contribution in [2.75, 3.05) is 13.4 Å². The van der Waals surface area contributed by atoms with Crippen LogP contribution in [0.25, 0.3) is 0 Å². The molecule has 128 valence electrons. The molecule has 4 rings (SSSR count). The van der Waals surface area contributed by atoms with Crippen LogP contribution in [0.3, 0.4) is 0 Å². The van der Waals surface area contributed by atoms with Gasteiger partial charge in [-0.25, -0.2) is 0 Å². The summed E-state index contributed by atoms with van der Waals surface area (Å²) in [6, 6.07) is 11.8. The Kier molecular flexibility index (Phi) is 3.77. The van der Waals surface area contributed by atoms with Crippen LogP contribution in [0.1, 0.15) is 10.4 Å². The summed E-state index contributed by atoms with van der Waals surface area (Å²) < 4.78 is 21.4. The molecule has 0 unspecified atom stereocenters. The molecule has 0 radical (unpaired) electrons. The molecule has 2 amide bonds. The van der Waals surface area contributed by atoms with Crippen molar-refractivity contribution in [1.29, 1.82) is 0 Å². The quantitative estimate of drug-likeness (QED) is 0.791. The molecule has 1 atom stereocenters. The first-order valence-corrected chi connectivity index (χ1v) is 7.59. The van der Waals surface area contributed by atoms with Gasteiger partial charge in [0.25, 0.3) is 11.8 Å². The number of fused-ring (bicyclic) bond motifs is 2. The van der Waals surface area contributed by atoms with Crippen molar-refractivity contribution < 1.29 is 28.5 Å². The summed E-state index contributed by atoms with van der Waals surface area (Å²) >= 11 is 0. The summed E-state index contributed by atoms with van der Waals surface area (Å²) in [5, 5.41) is 0. The van der Waals surface area contributed by atoms with Gasteiger partial charge in [-0.15, -0.1) is 0 Å². The maximum atomic E-state index is 12.2. The second kappa shape index (κ2) is 6.23. The third-order valence-corrected chi connectivity index (χ3v) is 3.74. The van der Waals surface area contributed by atoms with E-state index in [1.165, 1.54) is 0 Å². The zero-order chi connectivity index (χ0) is 17.2. The number of ether oxygens (including phenoxy) is 4. The summed E-state index contributed by atoms with van der Waals surface area (Å²) in [7, 11) is 0. The van der Waals surface area contributed by atoms with Crippen LogP contribution in [0, 0.1) is 0 Å². The molecule has 0 saturated heterocycles. The zero-order valence-electron chi connectivity index (χ0n) is 13.0. The van der Waals surface area contributed by atoms with Gasteiger partial charge in [-0.2, -0.15) is 0 Å². The highest BCUT2D eigenvalue weighted by molar-refractivity contribution is 5.96. The molecule has 0 bridgehead atoms. The fourth-order valence-corrected chi connectivity index (χ4v) is 2.46. The predicted molar refractivity (Wildman–Crippen MR) is 84.5 cm³/mol. The van der Waals surface area contributed by atoms with Crippen molar-refractivity contribution in [2.45, 2.75) is 6.10 Å². The second-order valence-corrected chi connectivity index (χ2v) is 5.38. The maximum absolute atomic E-state index is 12.2. The van der Waals surface area contributed by atoms with Crippen LogP contribution in [0.15, 0.2) is 42.5 Å². The highest BCUT2D eigenvalue weighted by Crippen LogP contribution is 2.32. The summed E-state index contributed by atoms with van der Waals surface area (Å²) in [4.78, 5) is 24.3. The number of rotatable bonds is 2. The van der Waals surface area contributed by atoms with E-state index in [0.717, 1.165) is 0 Å². The Bertz CT molecular complexity index is 838. The summed E-state index contributed by atoms with van der Waals surface area (Å²) in [6.07, 6.45) is -0.855. The van der Waals surface area contributed by atoms with E-state index >= 15 is 0 Å². The maximum Gasteiger partial charge on any atom is 0.283 e. The van der Waals surface area contributed by atoms with Crippen LogP contribution in [-0.4, -0.2) is 31.3 Å². The van der Waals surface area contributed by atoms with Gasteiger partial charge in [0.1, 0.15) is 6.61 Å². The van der Waals surface area contributed by atoms with Gasteiger partial charge in [-0.3, -0.25) is 20.4 Å². The molecule has 8 heteroatoms. The van der Waals surface area contributed by atoms with Gasteiger partial charge in [-0.1, -0.05) is 12.1 Å². The lowest BCUT2D eigenvalue weighted by atomic mass is 10.2. The Morgan fingerprint density at radius 3 is 2.52 bits per heavy atom. The number of nitrogens with one attached hydrogen (secondary N) is 2. The van der Waals surface area contributed by atoms with Crippen molar-refractivity contribution >= 4 is 11.8 Å². The monoisotopic (exact) mass is 342 g/mol. The molecule has 2 aliphatic rings. The standard InChI is InChI=1S/C17H14N2O6/c20-16(10-5-6-12-14(7-10)24-9-23-12)18-19-17(21)15-8-22-11-3-1-2-4-13(11)25-15/h1-7,15H,8-9H2,(H,18,20)(H,19,21)/t15-/m0/s1. The predicted octanol–water partition coefficient (Wildman–Crippen LogP) is 1.02. The van der Waals surface area contributed by atoms with Crippen molar-refractivity contribution in [3.63, 3.8) is 0 Å². The third-order valence-electron chi connectivity index (χ3n) is 3.74. The molecule has 2 heterocycles. The van der Waals surface area contributed by atoms with Gasteiger partial charge in [0.2, 0.25) is 12.9 Å². The number of carbonyl (C=O) groups is 2. The van der Waals surface area contributed by atoms with Gasteiger partial charge in [0.05, 0.1) is 0 Å². The number of hydrogen-bond acceptors (Lipinski definition) is 6. The van der Waals surface area contributed by atoms with E-state index < -0.39 is 17.9 Å². The van der Waals surface area contributed by atoms with Crippen LogP contribution < -0.4 is 29.8 Å². The van der Waals surface area contributed by atoms with Gasteiger partial charge in [-0.05, 0) is 30.3 Å². The molecular formula is C17H14N2O6. The minimum atomic E-state index is -0.855. The molecule has 0 saturated carbocycles. The average molecular weight is 342 g/mol. The molecule has 0 aromatic heterocycles. The number of benzene rings is 2. The molecule has 2 aromatic carbocycles. The van der Waals surface area contributed by atoms with Crippen molar-refractivity contribution in [2.24, 2.45) is 0 Å². The average Bonchev–Trinajstić information content (AvgIpc) is 3.13. The Hall–Kier alpha value is -3.42. The van der Waals surface area contributed by atoms with E-state index in [9.17, 15) is 9.59 Å². The fraction of sp³-hybridized carbons (Fsp3) is 0.176. The second-order valence-electron chi connectivity index (χ2n) is 5.38. The van der Waals surface area contributed by atoms with E-state index in [-0.39, 0.29) is 13.4 Å². The van der Waals surface area contributed by atoms with Gasteiger partial charge in [0.15, 0.2) is 23.0 Å². The Labute approximate surface area is 142 Å². The Morgan fingerprint density at radius 1 is 0.880 bits per heavy atom. The lowest BCUT2D eigenvalue weighted by Crippen LogP contribution is -2.50. The van der Waals surface area contributed by atoms with Crippen molar-refractivity contribution in [3.8, 4) is 23.0 Å². The van der Waals surface area contributed by atoms with Crippen LogP contribution in [0.2, 0.25) is 0 Å². The first-order valence-electron chi connectivity index (χ1n) is 7.59. The minimum absolute atomic E-state index is 0.0583. The number of hydrogen-bond donors (Lipinski definition) is 2. The Morgan fingerprint density at radius 2 is 1.64 bits per heavy atom. The highest BCUT2D eigenvalue weighted by atomic mass is 16.7. The SMILES string of the molecule is O=C(NNC(=O)[C@@H]1COc2ccccc2O1)c1ccc2c(c1)OCO2. The molecule has 0 aliphatic carbocycles. The first kappa shape index (κ1) is 15.1. The van der Waals surface area contributed by atoms with Crippen molar-refractivity contribution in [3.05, 3.63) is 48.0 Å². The molecule has 2 aromatic rings. The number of amides is 2. The van der Waals surface area contributed by atoms with E-state index in [1.807, 2.05) is 6.07 Å². The summed E-state index contributed by atoms with van der Waals surface area (Å²) in [5.74, 6) is 1.13. The number of hydrazine groups is 1. The highest BCUT2D eigenvalue weighted by Gasteiger charge is 2.27. The number of para-hydroxylation sites is 2. The Balaban J connectivity index is 1.35. The topological polar surface area (TPSA) is 95.1 Å². The van der Waals surface area contributed by atoms with Crippen molar-refractivity contribution in [1.82, 2.24) is 10.9 Å². The zero-order valence-corrected chi connectivity index (χ0v) is 13.0. The van der Waals surface area contributed by atoms with E-state index in [1.54, 1.807) is 36.4 Å². The molecule has 2 N–H and O–H groups in total. The first-order chi connectivity index (χ1) is 12.2. The van der Waals surface area contributed by atoms with Crippen LogP contribution >= 0.6 is 0 Å². The van der Waals surface area contributed by atoms with Gasteiger partial charge < -0.3 is 18.9 Å². The lowest BCUT2D eigenvalue weighted by molar-refractivity contribution is -0.131. The van der Waals surface area contributed by atoms with Gasteiger partial charge in [0, 0.05) is 5.56 Å². The molecule has 0 fully saturated rings. The lowest BCUT2D eigenvalue weighted by Gasteiger charge is -2.25. The molecule has 2 aliphatic heterocycles. The van der Waals surface area contributed by atoms with E-state index in [2.05, 4.69) is 10.9 Å². The van der Waals surface area contributed by atoms with E-state index in [4.69, 9.17) is 18.9 Å². The summed E-state index contributed by atoms with van der Waals surface area (Å²) in [6.45, 7) is 0.181. The third kappa shape index (κ3) is 3.01. The van der Waals surface area contributed by atoms with Crippen LogP contribution in [0.5, 0.6) is 23.0 Å². The fourth-order valence-electron chi connectivity index (χ4n) is 2.46. The normalized spacial score (nSPS) is 16.9. The van der Waals surface area contributed by atoms with Gasteiger partial charge >= 0.3 is 0 Å². The van der Waals surface area contributed by atoms with Crippen LogP contribution in [-0.2, 0) is 4.79 Å². The molecule has 0 spiro atoms. The largest absolute Gasteiger partial charge is 0.485 e. The smallest absolute Gasteiger partial charge is 0.283 e. The molecule has 25 heavy (non-hydrogen) atoms. The molecular weight excluding hydrogens is 328 g/mol. The summed E-state index contributed by atoms with van der Waals surface area (Å²) in [5.41, 5.74) is 5.00. The minimum Gasteiger partial charge on any atom is -0.485 e. The number of carbonyl (C=O) groups excluding carboxylic acids is 2. The van der Waals surface area contributed by atoms with Crippen LogP contribution in [0.4, 0.5) is 0 Å². The molecule has 8 nitrogen and oxygen atoms in total.